The molecule has 0 aliphatic carbocycles. The molecule has 2 nitrogen and oxygen atoms in total. The average Bonchev–Trinajstić information content (AvgIpc) is 2.31. The van der Waals surface area contributed by atoms with E-state index in [1.807, 2.05) is 0 Å². The van der Waals surface area contributed by atoms with Gasteiger partial charge in [0.1, 0.15) is 0 Å². The van der Waals surface area contributed by atoms with Crippen molar-refractivity contribution in [2.75, 3.05) is 26.2 Å². The molecule has 1 atom stereocenters. The van der Waals surface area contributed by atoms with E-state index >= 15 is 0 Å². The van der Waals surface area contributed by atoms with Crippen LogP contribution in [0.5, 0.6) is 0 Å². The van der Waals surface area contributed by atoms with Crippen LogP contribution in [0.3, 0.4) is 0 Å². The molecule has 2 fully saturated rings. The second kappa shape index (κ2) is 9.43. The minimum Gasteiger partial charge on any atom is -0.317 e. The van der Waals surface area contributed by atoms with E-state index in [-0.39, 0.29) is 24.8 Å². The predicted molar refractivity (Wildman–Crippen MR) is 79.6 cm³/mol. The van der Waals surface area contributed by atoms with E-state index in [2.05, 4.69) is 17.1 Å². The van der Waals surface area contributed by atoms with E-state index in [0.717, 1.165) is 12.0 Å². The van der Waals surface area contributed by atoms with Gasteiger partial charge in [-0.25, -0.2) is 0 Å². The molecule has 0 bridgehead atoms. The Kier molecular flexibility index (Phi) is 9.71. The van der Waals surface area contributed by atoms with Gasteiger partial charge in [0.15, 0.2) is 0 Å². The largest absolute Gasteiger partial charge is 0.317 e. The fourth-order valence-corrected chi connectivity index (χ4v) is 3.16. The van der Waals surface area contributed by atoms with E-state index in [1.165, 1.54) is 64.7 Å². The molecule has 0 aromatic rings. The highest BCUT2D eigenvalue weighted by molar-refractivity contribution is 5.85. The van der Waals surface area contributed by atoms with Crippen LogP contribution in [-0.4, -0.2) is 37.1 Å². The Balaban J connectivity index is 0.00000128. The first kappa shape index (κ1) is 17.5. The number of nitrogens with one attached hydrogen (secondary N) is 1. The van der Waals surface area contributed by atoms with Crippen LogP contribution in [-0.2, 0) is 0 Å². The molecule has 2 saturated heterocycles. The first-order valence-corrected chi connectivity index (χ1v) is 6.85. The Labute approximate surface area is 119 Å². The van der Waals surface area contributed by atoms with Crippen molar-refractivity contribution in [3.8, 4) is 0 Å². The zero-order chi connectivity index (χ0) is 10.5. The molecule has 0 saturated carbocycles. The van der Waals surface area contributed by atoms with Gasteiger partial charge in [-0.1, -0.05) is 13.3 Å². The summed E-state index contributed by atoms with van der Waals surface area (Å²) in [6, 6.07) is 0.897. The van der Waals surface area contributed by atoms with Crippen molar-refractivity contribution >= 4 is 24.8 Å². The van der Waals surface area contributed by atoms with Gasteiger partial charge < -0.3 is 10.2 Å². The zero-order valence-corrected chi connectivity index (χ0v) is 12.6. The van der Waals surface area contributed by atoms with Crippen molar-refractivity contribution in [2.24, 2.45) is 5.92 Å². The Morgan fingerprint density at radius 3 is 2.41 bits per heavy atom. The fourth-order valence-electron chi connectivity index (χ4n) is 3.16. The van der Waals surface area contributed by atoms with E-state index in [4.69, 9.17) is 0 Å². The van der Waals surface area contributed by atoms with Crippen molar-refractivity contribution < 1.29 is 0 Å². The molecule has 104 valence electrons. The topological polar surface area (TPSA) is 15.3 Å². The second-order valence-electron chi connectivity index (χ2n) is 5.25. The smallest absolute Gasteiger partial charge is 0.00927 e. The monoisotopic (exact) mass is 282 g/mol. The third-order valence-electron chi connectivity index (χ3n) is 4.17. The fraction of sp³-hybridized carbons (Fsp3) is 1.00. The van der Waals surface area contributed by atoms with Gasteiger partial charge in [-0.2, -0.15) is 0 Å². The molecule has 2 aliphatic rings. The van der Waals surface area contributed by atoms with Gasteiger partial charge in [0.25, 0.3) is 0 Å². The molecule has 0 aromatic heterocycles. The van der Waals surface area contributed by atoms with Crippen molar-refractivity contribution in [3.05, 3.63) is 0 Å². The van der Waals surface area contributed by atoms with Crippen LogP contribution in [0.1, 0.15) is 45.4 Å². The summed E-state index contributed by atoms with van der Waals surface area (Å²) in [7, 11) is 0. The van der Waals surface area contributed by atoms with Crippen LogP contribution in [0.2, 0.25) is 0 Å². The number of halogens is 2. The number of likely N-dealkylation sites (tertiary alicyclic amines) is 1. The minimum absolute atomic E-state index is 0. The molecule has 2 rings (SSSR count). The van der Waals surface area contributed by atoms with E-state index in [9.17, 15) is 0 Å². The van der Waals surface area contributed by atoms with Crippen molar-refractivity contribution in [2.45, 2.75) is 51.5 Å². The molecular weight excluding hydrogens is 255 g/mol. The number of hydrogen-bond acceptors (Lipinski definition) is 2. The molecule has 1 unspecified atom stereocenters. The third-order valence-corrected chi connectivity index (χ3v) is 4.17. The van der Waals surface area contributed by atoms with Crippen LogP contribution in [0.25, 0.3) is 0 Å². The van der Waals surface area contributed by atoms with Crippen LogP contribution < -0.4 is 5.32 Å². The molecule has 17 heavy (non-hydrogen) atoms. The molecular formula is C13H28Cl2N2. The quantitative estimate of drug-likeness (QED) is 0.856. The highest BCUT2D eigenvalue weighted by Crippen LogP contribution is 2.23. The van der Waals surface area contributed by atoms with Crippen molar-refractivity contribution in [1.82, 2.24) is 10.2 Å². The van der Waals surface area contributed by atoms with Crippen molar-refractivity contribution in [1.29, 1.82) is 0 Å². The lowest BCUT2D eigenvalue weighted by atomic mass is 9.93. The Morgan fingerprint density at radius 1 is 1.06 bits per heavy atom. The van der Waals surface area contributed by atoms with Gasteiger partial charge in [-0.05, 0) is 57.7 Å². The van der Waals surface area contributed by atoms with Crippen LogP contribution in [0.15, 0.2) is 0 Å². The normalized spacial score (nSPS) is 27.0. The standard InChI is InChI=1S/C13H26N2.2ClH/c1-2-13-5-3-4-10-15(13)11-12-6-8-14-9-7-12;;/h12-14H,2-11H2,1H3;2*1H. The van der Waals surface area contributed by atoms with E-state index in [1.54, 1.807) is 0 Å². The van der Waals surface area contributed by atoms with Crippen LogP contribution >= 0.6 is 24.8 Å². The van der Waals surface area contributed by atoms with Gasteiger partial charge in [0.2, 0.25) is 0 Å². The third kappa shape index (κ3) is 5.34. The first-order chi connectivity index (χ1) is 7.40. The van der Waals surface area contributed by atoms with Gasteiger partial charge in [-0.15, -0.1) is 24.8 Å². The summed E-state index contributed by atoms with van der Waals surface area (Å²) >= 11 is 0. The van der Waals surface area contributed by atoms with Gasteiger partial charge >= 0.3 is 0 Å². The maximum atomic E-state index is 3.46. The SMILES string of the molecule is CCC1CCCCN1CC1CCNCC1.Cl.Cl. The first-order valence-electron chi connectivity index (χ1n) is 6.85. The molecule has 0 radical (unpaired) electrons. The zero-order valence-electron chi connectivity index (χ0n) is 11.0. The van der Waals surface area contributed by atoms with Crippen LogP contribution in [0.4, 0.5) is 0 Å². The number of hydrogen-bond donors (Lipinski definition) is 1. The number of rotatable bonds is 3. The summed E-state index contributed by atoms with van der Waals surface area (Å²) in [6.07, 6.45) is 8.48. The molecule has 1 N–H and O–H groups in total. The maximum Gasteiger partial charge on any atom is 0.00927 e. The van der Waals surface area contributed by atoms with Crippen molar-refractivity contribution in [3.63, 3.8) is 0 Å². The summed E-state index contributed by atoms with van der Waals surface area (Å²) in [6.45, 7) is 7.58. The lowest BCUT2D eigenvalue weighted by Gasteiger charge is -2.38. The highest BCUT2D eigenvalue weighted by Gasteiger charge is 2.24. The van der Waals surface area contributed by atoms with Crippen LogP contribution in [0, 0.1) is 5.92 Å². The van der Waals surface area contributed by atoms with Gasteiger partial charge in [0, 0.05) is 12.6 Å². The Morgan fingerprint density at radius 2 is 1.76 bits per heavy atom. The molecule has 2 heterocycles. The maximum absolute atomic E-state index is 3.46. The Bertz CT molecular complexity index is 184. The van der Waals surface area contributed by atoms with Gasteiger partial charge in [0.05, 0.1) is 0 Å². The molecule has 4 heteroatoms. The minimum atomic E-state index is 0. The highest BCUT2D eigenvalue weighted by atomic mass is 35.5. The molecule has 0 aromatic carbocycles. The summed E-state index contributed by atoms with van der Waals surface area (Å²) in [5.74, 6) is 0.971. The summed E-state index contributed by atoms with van der Waals surface area (Å²) in [5, 5.41) is 3.46. The molecule has 0 amide bonds. The average molecular weight is 283 g/mol. The number of piperidine rings is 2. The Hall–Kier alpha value is 0.500. The second-order valence-corrected chi connectivity index (χ2v) is 5.25. The summed E-state index contributed by atoms with van der Waals surface area (Å²) in [5.41, 5.74) is 0. The van der Waals surface area contributed by atoms with E-state index < -0.39 is 0 Å². The molecule has 2 aliphatic heterocycles. The number of nitrogens with zero attached hydrogens (tertiary/aromatic N) is 1. The summed E-state index contributed by atoms with van der Waals surface area (Å²) < 4.78 is 0. The molecule has 0 spiro atoms. The van der Waals surface area contributed by atoms with E-state index in [0.29, 0.717) is 0 Å². The lowest BCUT2D eigenvalue weighted by Crippen LogP contribution is -2.43. The lowest BCUT2D eigenvalue weighted by molar-refractivity contribution is 0.112. The van der Waals surface area contributed by atoms with Gasteiger partial charge in [-0.3, -0.25) is 0 Å². The summed E-state index contributed by atoms with van der Waals surface area (Å²) in [4.78, 5) is 2.78. The predicted octanol–water partition coefficient (Wildman–Crippen LogP) is 3.09.